The second-order valence-corrected chi connectivity index (χ2v) is 5.88. The molecule has 1 aromatic heterocycles. The number of amides is 1. The van der Waals surface area contributed by atoms with Gasteiger partial charge >= 0.3 is 0 Å². The number of carbonyl (C=O) groups is 1. The van der Waals surface area contributed by atoms with Crippen LogP contribution < -0.4 is 5.32 Å². The van der Waals surface area contributed by atoms with Crippen molar-refractivity contribution in [1.82, 2.24) is 15.1 Å². The van der Waals surface area contributed by atoms with E-state index in [1.807, 2.05) is 11.6 Å². The van der Waals surface area contributed by atoms with Crippen molar-refractivity contribution in [2.24, 2.45) is 5.92 Å². The Hall–Kier alpha value is -1.36. The lowest BCUT2D eigenvalue weighted by Crippen LogP contribution is -2.30. The fourth-order valence-electron chi connectivity index (χ4n) is 2.21. The Kier molecular flexibility index (Phi) is 6.20. The fourth-order valence-corrected chi connectivity index (χ4v) is 2.21. The van der Waals surface area contributed by atoms with Gasteiger partial charge in [0, 0.05) is 25.2 Å². The molecule has 0 fully saturated rings. The quantitative estimate of drug-likeness (QED) is 0.797. The lowest BCUT2D eigenvalue weighted by atomic mass is 10.1. The van der Waals surface area contributed by atoms with Crippen LogP contribution in [0.5, 0.6) is 0 Å². The van der Waals surface area contributed by atoms with Crippen LogP contribution in [-0.4, -0.2) is 33.4 Å². The minimum absolute atomic E-state index is 0.0266. The van der Waals surface area contributed by atoms with Crippen LogP contribution in [0.2, 0.25) is 0 Å². The van der Waals surface area contributed by atoms with E-state index in [4.69, 9.17) is 5.11 Å². The van der Waals surface area contributed by atoms with Crippen LogP contribution in [0, 0.1) is 19.8 Å². The minimum Gasteiger partial charge on any atom is -0.392 e. The van der Waals surface area contributed by atoms with Gasteiger partial charge in [0.2, 0.25) is 5.91 Å². The molecule has 5 nitrogen and oxygen atoms in total. The molecule has 1 atom stereocenters. The zero-order valence-electron chi connectivity index (χ0n) is 13.2. The van der Waals surface area contributed by atoms with Gasteiger partial charge in [-0.15, -0.1) is 0 Å². The SMILES string of the molecule is Cc1nn(CC(C)C)c(C)c1CCC(=O)NCC(C)O. The molecule has 0 saturated carbocycles. The fraction of sp³-hybridized carbons (Fsp3) is 0.733. The summed E-state index contributed by atoms with van der Waals surface area (Å²) in [7, 11) is 0. The van der Waals surface area contributed by atoms with Crippen molar-refractivity contribution < 1.29 is 9.90 Å². The third-order valence-electron chi connectivity index (χ3n) is 3.27. The van der Waals surface area contributed by atoms with Crippen LogP contribution in [-0.2, 0) is 17.8 Å². The predicted molar refractivity (Wildman–Crippen MR) is 79.6 cm³/mol. The van der Waals surface area contributed by atoms with Crippen LogP contribution in [0.25, 0.3) is 0 Å². The monoisotopic (exact) mass is 281 g/mol. The van der Waals surface area contributed by atoms with E-state index in [1.165, 1.54) is 0 Å². The van der Waals surface area contributed by atoms with Gasteiger partial charge in [-0.05, 0) is 38.7 Å². The summed E-state index contributed by atoms with van der Waals surface area (Å²) in [4.78, 5) is 11.7. The Morgan fingerprint density at radius 1 is 1.35 bits per heavy atom. The lowest BCUT2D eigenvalue weighted by Gasteiger charge is -2.09. The van der Waals surface area contributed by atoms with Gasteiger partial charge in [0.05, 0.1) is 11.8 Å². The zero-order valence-corrected chi connectivity index (χ0v) is 13.2. The number of nitrogens with one attached hydrogen (secondary N) is 1. The predicted octanol–water partition coefficient (Wildman–Crippen LogP) is 1.59. The summed E-state index contributed by atoms with van der Waals surface area (Å²) in [5.74, 6) is 0.525. The molecule has 1 unspecified atom stereocenters. The average molecular weight is 281 g/mol. The Balaban J connectivity index is 2.60. The molecule has 0 radical (unpaired) electrons. The number of aliphatic hydroxyl groups is 1. The molecule has 1 aromatic rings. The van der Waals surface area contributed by atoms with Crippen molar-refractivity contribution >= 4 is 5.91 Å². The highest BCUT2D eigenvalue weighted by Crippen LogP contribution is 2.16. The number of aromatic nitrogens is 2. The Morgan fingerprint density at radius 2 is 2.00 bits per heavy atom. The molecule has 0 bridgehead atoms. The summed E-state index contributed by atoms with van der Waals surface area (Å²) in [6.45, 7) is 11.3. The Bertz CT molecular complexity index is 450. The summed E-state index contributed by atoms with van der Waals surface area (Å²) in [5, 5.41) is 16.4. The first kappa shape index (κ1) is 16.7. The van der Waals surface area contributed by atoms with Crippen LogP contribution in [0.15, 0.2) is 0 Å². The molecule has 0 aliphatic heterocycles. The summed E-state index contributed by atoms with van der Waals surface area (Å²) in [6.07, 6.45) is 0.625. The normalized spacial score (nSPS) is 12.8. The smallest absolute Gasteiger partial charge is 0.220 e. The summed E-state index contributed by atoms with van der Waals surface area (Å²) in [5.41, 5.74) is 3.32. The van der Waals surface area contributed by atoms with Crippen LogP contribution in [0.3, 0.4) is 0 Å². The molecule has 1 amide bonds. The highest BCUT2D eigenvalue weighted by Gasteiger charge is 2.13. The molecule has 20 heavy (non-hydrogen) atoms. The van der Waals surface area contributed by atoms with E-state index in [0.717, 1.165) is 23.5 Å². The third-order valence-corrected chi connectivity index (χ3v) is 3.27. The number of rotatable bonds is 7. The minimum atomic E-state index is -0.504. The van der Waals surface area contributed by atoms with E-state index >= 15 is 0 Å². The lowest BCUT2D eigenvalue weighted by molar-refractivity contribution is -0.121. The van der Waals surface area contributed by atoms with Crippen molar-refractivity contribution in [3.63, 3.8) is 0 Å². The van der Waals surface area contributed by atoms with Crippen LogP contribution in [0.1, 0.15) is 44.1 Å². The number of nitrogens with zero attached hydrogens (tertiary/aromatic N) is 2. The summed E-state index contributed by atoms with van der Waals surface area (Å²) >= 11 is 0. The van der Waals surface area contributed by atoms with E-state index in [-0.39, 0.29) is 5.91 Å². The van der Waals surface area contributed by atoms with E-state index in [1.54, 1.807) is 6.92 Å². The van der Waals surface area contributed by atoms with Crippen LogP contribution in [0.4, 0.5) is 0 Å². The molecule has 0 aliphatic rings. The van der Waals surface area contributed by atoms with Crippen molar-refractivity contribution in [3.8, 4) is 0 Å². The third kappa shape index (κ3) is 4.96. The molecular weight excluding hydrogens is 254 g/mol. The summed E-state index contributed by atoms with van der Waals surface area (Å²) in [6, 6.07) is 0. The summed E-state index contributed by atoms with van der Waals surface area (Å²) < 4.78 is 2.03. The molecule has 1 heterocycles. The maximum Gasteiger partial charge on any atom is 0.220 e. The molecule has 0 spiro atoms. The van der Waals surface area contributed by atoms with Crippen molar-refractivity contribution in [1.29, 1.82) is 0 Å². The molecule has 0 aliphatic carbocycles. The molecule has 114 valence electrons. The Labute approximate surface area is 121 Å². The van der Waals surface area contributed by atoms with Crippen molar-refractivity contribution in [2.75, 3.05) is 6.54 Å². The molecule has 1 rings (SSSR count). The van der Waals surface area contributed by atoms with Crippen molar-refractivity contribution in [2.45, 2.75) is 60.1 Å². The van der Waals surface area contributed by atoms with Gasteiger partial charge in [-0.3, -0.25) is 9.48 Å². The molecule has 0 aromatic carbocycles. The maximum atomic E-state index is 11.7. The highest BCUT2D eigenvalue weighted by molar-refractivity contribution is 5.76. The first-order valence-electron chi connectivity index (χ1n) is 7.28. The largest absolute Gasteiger partial charge is 0.392 e. The molecule has 2 N–H and O–H groups in total. The van der Waals surface area contributed by atoms with Gasteiger partial charge in [-0.1, -0.05) is 13.8 Å². The average Bonchev–Trinajstić information content (AvgIpc) is 2.59. The van der Waals surface area contributed by atoms with E-state index < -0.39 is 6.10 Å². The topological polar surface area (TPSA) is 67.2 Å². The van der Waals surface area contributed by atoms with Gasteiger partial charge in [-0.2, -0.15) is 5.10 Å². The first-order chi connectivity index (χ1) is 9.31. The zero-order chi connectivity index (χ0) is 15.3. The van der Waals surface area contributed by atoms with E-state index in [2.05, 4.69) is 31.2 Å². The number of carbonyl (C=O) groups excluding carboxylic acids is 1. The molecule has 0 saturated heterocycles. The van der Waals surface area contributed by atoms with Gasteiger partial charge < -0.3 is 10.4 Å². The number of hydrogen-bond donors (Lipinski definition) is 2. The number of hydrogen-bond acceptors (Lipinski definition) is 3. The molecule has 5 heteroatoms. The standard InChI is InChI=1S/C15H27N3O2/c1-10(2)9-18-13(5)14(12(4)17-18)6-7-15(20)16-8-11(3)19/h10-11,19H,6-9H2,1-5H3,(H,16,20). The van der Waals surface area contributed by atoms with Gasteiger partial charge in [0.1, 0.15) is 0 Å². The second kappa shape index (κ2) is 7.43. The van der Waals surface area contributed by atoms with Gasteiger partial charge in [0.25, 0.3) is 0 Å². The van der Waals surface area contributed by atoms with Gasteiger partial charge in [0.15, 0.2) is 0 Å². The number of aliphatic hydroxyl groups excluding tert-OH is 1. The Morgan fingerprint density at radius 3 is 2.55 bits per heavy atom. The highest BCUT2D eigenvalue weighted by atomic mass is 16.3. The first-order valence-corrected chi connectivity index (χ1v) is 7.28. The maximum absolute atomic E-state index is 11.7. The molecular formula is C15H27N3O2. The number of aryl methyl sites for hydroxylation is 1. The van der Waals surface area contributed by atoms with E-state index in [9.17, 15) is 4.79 Å². The second-order valence-electron chi connectivity index (χ2n) is 5.88. The van der Waals surface area contributed by atoms with Crippen molar-refractivity contribution in [3.05, 3.63) is 17.0 Å². The van der Waals surface area contributed by atoms with Crippen LogP contribution >= 0.6 is 0 Å². The van der Waals surface area contributed by atoms with E-state index in [0.29, 0.717) is 25.3 Å². The van der Waals surface area contributed by atoms with Gasteiger partial charge in [-0.25, -0.2) is 0 Å².